The summed E-state index contributed by atoms with van der Waals surface area (Å²) in [5.41, 5.74) is 1.46. The Hall–Kier alpha value is -1.60. The highest BCUT2D eigenvalue weighted by Crippen LogP contribution is 2.16. The molecule has 4 nitrogen and oxygen atoms in total. The first kappa shape index (κ1) is 12.5. The van der Waals surface area contributed by atoms with Gasteiger partial charge in [0.25, 0.3) is 0 Å². The molecule has 0 aromatic carbocycles. The summed E-state index contributed by atoms with van der Waals surface area (Å²) in [4.78, 5) is 6.15. The Kier molecular flexibility index (Phi) is 4.74. The molecule has 0 atom stereocenters. The molecule has 0 radical (unpaired) electrons. The van der Waals surface area contributed by atoms with Crippen LogP contribution in [-0.4, -0.2) is 31.3 Å². The van der Waals surface area contributed by atoms with E-state index in [4.69, 9.17) is 10.00 Å². The van der Waals surface area contributed by atoms with Crippen LogP contribution in [0.15, 0.2) is 18.3 Å². The normalized spacial score (nSPS) is 10.2. The Morgan fingerprint density at radius 1 is 1.56 bits per heavy atom. The average molecular weight is 219 g/mol. The van der Waals surface area contributed by atoms with Gasteiger partial charge in [0, 0.05) is 31.6 Å². The summed E-state index contributed by atoms with van der Waals surface area (Å²) >= 11 is 0. The third-order valence-corrected chi connectivity index (χ3v) is 2.35. The molecule has 0 saturated carbocycles. The maximum atomic E-state index is 8.80. The fraction of sp³-hybridized carbons (Fsp3) is 0.500. The molecule has 86 valence electrons. The van der Waals surface area contributed by atoms with Gasteiger partial charge >= 0.3 is 0 Å². The molecule has 16 heavy (non-hydrogen) atoms. The van der Waals surface area contributed by atoms with E-state index in [0.717, 1.165) is 12.2 Å². The Bertz CT molecular complexity index is 371. The molecular formula is C12H17N3O. The Labute approximate surface area is 96.5 Å². The molecule has 4 heteroatoms. The van der Waals surface area contributed by atoms with Gasteiger partial charge in [-0.25, -0.2) is 4.98 Å². The molecule has 0 aliphatic rings. The predicted molar refractivity (Wildman–Crippen MR) is 63.3 cm³/mol. The highest BCUT2D eigenvalue weighted by molar-refractivity contribution is 5.49. The van der Waals surface area contributed by atoms with E-state index < -0.39 is 0 Å². The number of nitrogens with zero attached hydrogens (tertiary/aromatic N) is 3. The van der Waals surface area contributed by atoms with Crippen LogP contribution in [-0.2, 0) is 4.74 Å². The molecule has 0 unspecified atom stereocenters. The van der Waals surface area contributed by atoms with Crippen molar-refractivity contribution in [2.75, 3.05) is 25.2 Å². The van der Waals surface area contributed by atoms with Crippen LogP contribution >= 0.6 is 0 Å². The van der Waals surface area contributed by atoms with Gasteiger partial charge < -0.3 is 9.64 Å². The van der Waals surface area contributed by atoms with Crippen LogP contribution in [0, 0.1) is 11.3 Å². The summed E-state index contributed by atoms with van der Waals surface area (Å²) in [7, 11) is 1.69. The molecule has 0 saturated heterocycles. The van der Waals surface area contributed by atoms with Gasteiger partial charge in [-0.3, -0.25) is 0 Å². The van der Waals surface area contributed by atoms with E-state index in [9.17, 15) is 0 Å². The molecule has 1 rings (SSSR count). The number of hydrogen-bond acceptors (Lipinski definition) is 4. The van der Waals surface area contributed by atoms with Crippen molar-refractivity contribution in [3.8, 4) is 6.07 Å². The standard InChI is InChI=1S/C12H17N3O/c1-10(2)15(6-7-16-3)12-4-5-14-11(8-12)9-13/h4-5,8,10H,6-7H2,1-3H3. The largest absolute Gasteiger partial charge is 0.383 e. The number of nitriles is 1. The molecular weight excluding hydrogens is 202 g/mol. The second-order valence-electron chi connectivity index (χ2n) is 3.79. The van der Waals surface area contributed by atoms with Crippen LogP contribution in [0.4, 0.5) is 5.69 Å². The average Bonchev–Trinajstić information content (AvgIpc) is 2.29. The summed E-state index contributed by atoms with van der Waals surface area (Å²) in [6.45, 7) is 5.70. The lowest BCUT2D eigenvalue weighted by molar-refractivity contribution is 0.204. The summed E-state index contributed by atoms with van der Waals surface area (Å²) in [6.07, 6.45) is 1.66. The van der Waals surface area contributed by atoms with Crippen molar-refractivity contribution in [1.29, 1.82) is 5.26 Å². The highest BCUT2D eigenvalue weighted by Gasteiger charge is 2.10. The van der Waals surface area contributed by atoms with Gasteiger partial charge in [-0.15, -0.1) is 0 Å². The van der Waals surface area contributed by atoms with Gasteiger partial charge in [-0.2, -0.15) is 5.26 Å². The first-order valence-electron chi connectivity index (χ1n) is 5.30. The van der Waals surface area contributed by atoms with Crippen LogP contribution in [0.2, 0.25) is 0 Å². The Morgan fingerprint density at radius 3 is 2.88 bits per heavy atom. The Morgan fingerprint density at radius 2 is 2.31 bits per heavy atom. The fourth-order valence-electron chi connectivity index (χ4n) is 1.53. The third-order valence-electron chi connectivity index (χ3n) is 2.35. The van der Waals surface area contributed by atoms with E-state index >= 15 is 0 Å². The molecule has 0 bridgehead atoms. The minimum atomic E-state index is 0.365. The minimum absolute atomic E-state index is 0.365. The van der Waals surface area contributed by atoms with Crippen molar-refractivity contribution < 1.29 is 4.74 Å². The lowest BCUT2D eigenvalue weighted by atomic mass is 10.2. The predicted octanol–water partition coefficient (Wildman–Crippen LogP) is 1.81. The number of anilines is 1. The van der Waals surface area contributed by atoms with Gasteiger partial charge in [0.2, 0.25) is 0 Å². The van der Waals surface area contributed by atoms with Crippen molar-refractivity contribution in [1.82, 2.24) is 4.98 Å². The van der Waals surface area contributed by atoms with Crippen LogP contribution in [0.3, 0.4) is 0 Å². The maximum absolute atomic E-state index is 8.80. The van der Waals surface area contributed by atoms with E-state index in [1.807, 2.05) is 12.1 Å². The molecule has 0 aliphatic heterocycles. The lowest BCUT2D eigenvalue weighted by Crippen LogP contribution is -2.33. The van der Waals surface area contributed by atoms with Gasteiger partial charge in [0.1, 0.15) is 11.8 Å². The number of hydrogen-bond donors (Lipinski definition) is 0. The number of aromatic nitrogens is 1. The molecule has 1 aromatic heterocycles. The zero-order valence-electron chi connectivity index (χ0n) is 9.97. The molecule has 0 spiro atoms. The third kappa shape index (κ3) is 3.21. The summed E-state index contributed by atoms with van der Waals surface area (Å²) in [5.74, 6) is 0. The molecule has 1 heterocycles. The first-order chi connectivity index (χ1) is 7.69. The number of methoxy groups -OCH3 is 1. The van der Waals surface area contributed by atoms with E-state index in [0.29, 0.717) is 18.3 Å². The molecule has 0 N–H and O–H groups in total. The summed E-state index contributed by atoms with van der Waals surface area (Å²) < 4.78 is 5.08. The smallest absolute Gasteiger partial charge is 0.142 e. The number of rotatable bonds is 5. The second-order valence-corrected chi connectivity index (χ2v) is 3.79. The summed E-state index contributed by atoms with van der Waals surface area (Å²) in [6, 6.07) is 6.13. The lowest BCUT2D eigenvalue weighted by Gasteiger charge is -2.28. The van der Waals surface area contributed by atoms with Crippen LogP contribution in [0.25, 0.3) is 0 Å². The van der Waals surface area contributed by atoms with E-state index in [1.165, 1.54) is 0 Å². The first-order valence-corrected chi connectivity index (χ1v) is 5.30. The maximum Gasteiger partial charge on any atom is 0.142 e. The number of pyridine rings is 1. The SMILES string of the molecule is COCCN(c1ccnc(C#N)c1)C(C)C. The van der Waals surface area contributed by atoms with Gasteiger partial charge in [0.05, 0.1) is 6.61 Å². The second kappa shape index (κ2) is 6.09. The van der Waals surface area contributed by atoms with Crippen LogP contribution in [0.1, 0.15) is 19.5 Å². The van der Waals surface area contributed by atoms with Crippen molar-refractivity contribution in [3.05, 3.63) is 24.0 Å². The Balaban J connectivity index is 2.88. The fourth-order valence-corrected chi connectivity index (χ4v) is 1.53. The molecule has 1 aromatic rings. The van der Waals surface area contributed by atoms with E-state index in [1.54, 1.807) is 19.4 Å². The number of ether oxygens (including phenoxy) is 1. The molecule has 0 amide bonds. The monoisotopic (exact) mass is 219 g/mol. The summed E-state index contributed by atoms with van der Waals surface area (Å²) in [5, 5.41) is 8.80. The van der Waals surface area contributed by atoms with E-state index in [2.05, 4.69) is 23.7 Å². The van der Waals surface area contributed by atoms with Crippen molar-refractivity contribution in [2.24, 2.45) is 0 Å². The minimum Gasteiger partial charge on any atom is -0.383 e. The van der Waals surface area contributed by atoms with Crippen molar-refractivity contribution in [3.63, 3.8) is 0 Å². The zero-order chi connectivity index (χ0) is 12.0. The topological polar surface area (TPSA) is 49.1 Å². The highest BCUT2D eigenvalue weighted by atomic mass is 16.5. The van der Waals surface area contributed by atoms with Crippen LogP contribution in [0.5, 0.6) is 0 Å². The van der Waals surface area contributed by atoms with E-state index in [-0.39, 0.29) is 0 Å². The molecule has 0 fully saturated rings. The van der Waals surface area contributed by atoms with Crippen molar-refractivity contribution in [2.45, 2.75) is 19.9 Å². The van der Waals surface area contributed by atoms with Gasteiger partial charge in [0.15, 0.2) is 0 Å². The molecule has 0 aliphatic carbocycles. The van der Waals surface area contributed by atoms with Gasteiger partial charge in [-0.1, -0.05) is 0 Å². The zero-order valence-corrected chi connectivity index (χ0v) is 9.97. The van der Waals surface area contributed by atoms with Crippen molar-refractivity contribution >= 4 is 5.69 Å². The van der Waals surface area contributed by atoms with Crippen LogP contribution < -0.4 is 4.90 Å². The quantitative estimate of drug-likeness (QED) is 0.758. The van der Waals surface area contributed by atoms with Gasteiger partial charge in [-0.05, 0) is 26.0 Å².